The van der Waals surface area contributed by atoms with Crippen LogP contribution in [0.4, 0.5) is 4.39 Å². The fourth-order valence-corrected chi connectivity index (χ4v) is 4.50. The first kappa shape index (κ1) is 22.7. The first-order valence-electron chi connectivity index (χ1n) is 9.72. The Balaban J connectivity index is 1.62. The summed E-state index contributed by atoms with van der Waals surface area (Å²) in [6.07, 6.45) is 5.66. The zero-order valence-corrected chi connectivity index (χ0v) is 17.7. The number of rotatable bonds is 8. The number of benzene rings is 2. The fourth-order valence-electron chi connectivity index (χ4n) is 3.07. The van der Waals surface area contributed by atoms with E-state index in [1.54, 1.807) is 12.1 Å². The van der Waals surface area contributed by atoms with Gasteiger partial charge in [0, 0.05) is 19.6 Å². The zero-order chi connectivity index (χ0) is 22.3. The van der Waals surface area contributed by atoms with Crippen LogP contribution in [0.1, 0.15) is 15.9 Å². The molecule has 1 aliphatic rings. The highest BCUT2D eigenvalue weighted by atomic mass is 32.2. The average Bonchev–Trinajstić information content (AvgIpc) is 2.79. The third kappa shape index (κ3) is 5.82. The number of nitrogens with one attached hydrogen (secondary N) is 1. The van der Waals surface area contributed by atoms with Gasteiger partial charge >= 0.3 is 0 Å². The molecule has 0 aliphatic carbocycles. The molecule has 0 aromatic heterocycles. The molecule has 7 nitrogen and oxygen atoms in total. The minimum absolute atomic E-state index is 0.122. The van der Waals surface area contributed by atoms with Crippen LogP contribution in [0.15, 0.2) is 47.4 Å². The van der Waals surface area contributed by atoms with Crippen LogP contribution in [-0.2, 0) is 21.2 Å². The van der Waals surface area contributed by atoms with Gasteiger partial charge in [0.15, 0.2) is 0 Å². The standard InChI is InChI=1S/C22H23FN2O5S/c1-2-13-30-18-5-3-17(4-6-18)9-10-24-22(26)20-16-19(7-8-21(20)23)31(27,28)25-11-14-29-15-12-25/h1,3-8,16H,9-15H2,(H,24,26). The van der Waals surface area contributed by atoms with Crippen LogP contribution in [0.5, 0.6) is 5.75 Å². The van der Waals surface area contributed by atoms with Gasteiger partial charge in [-0.05, 0) is 42.3 Å². The Kier molecular flexibility index (Phi) is 7.63. The largest absolute Gasteiger partial charge is 0.481 e. The summed E-state index contributed by atoms with van der Waals surface area (Å²) in [5.74, 6) is 1.57. The molecule has 1 N–H and O–H groups in total. The molecule has 0 bridgehead atoms. The maximum atomic E-state index is 14.2. The second-order valence-electron chi connectivity index (χ2n) is 6.80. The number of hydrogen-bond donors (Lipinski definition) is 1. The van der Waals surface area contributed by atoms with Crippen LogP contribution in [-0.4, -0.2) is 58.1 Å². The highest BCUT2D eigenvalue weighted by Crippen LogP contribution is 2.20. The second kappa shape index (κ2) is 10.4. The van der Waals surface area contributed by atoms with E-state index in [0.29, 0.717) is 25.4 Å². The van der Waals surface area contributed by atoms with Gasteiger partial charge in [0.2, 0.25) is 10.0 Å². The average molecular weight is 447 g/mol. The molecule has 0 spiro atoms. The highest BCUT2D eigenvalue weighted by Gasteiger charge is 2.27. The van der Waals surface area contributed by atoms with Crippen molar-refractivity contribution < 1.29 is 27.1 Å². The van der Waals surface area contributed by atoms with Crippen molar-refractivity contribution >= 4 is 15.9 Å². The molecule has 0 unspecified atom stereocenters. The van der Waals surface area contributed by atoms with Crippen LogP contribution < -0.4 is 10.1 Å². The van der Waals surface area contributed by atoms with E-state index in [0.717, 1.165) is 17.7 Å². The molecular formula is C22H23FN2O5S. The summed E-state index contributed by atoms with van der Waals surface area (Å²) in [4.78, 5) is 12.3. The SMILES string of the molecule is C#CCOc1ccc(CCNC(=O)c2cc(S(=O)(=O)N3CCOCC3)ccc2F)cc1. The summed E-state index contributed by atoms with van der Waals surface area (Å²) < 4.78 is 51.5. The fraction of sp³-hybridized carbons (Fsp3) is 0.318. The maximum Gasteiger partial charge on any atom is 0.254 e. The highest BCUT2D eigenvalue weighted by molar-refractivity contribution is 7.89. The predicted molar refractivity (Wildman–Crippen MR) is 113 cm³/mol. The molecular weight excluding hydrogens is 423 g/mol. The van der Waals surface area contributed by atoms with E-state index in [-0.39, 0.29) is 36.7 Å². The molecule has 1 saturated heterocycles. The number of halogens is 1. The third-order valence-corrected chi connectivity index (χ3v) is 6.63. The summed E-state index contributed by atoms with van der Waals surface area (Å²) in [5.41, 5.74) is 0.629. The van der Waals surface area contributed by atoms with Crippen LogP contribution in [0.2, 0.25) is 0 Å². The Labute approximate surface area is 181 Å². The molecule has 0 radical (unpaired) electrons. The van der Waals surface area contributed by atoms with Crippen molar-refractivity contribution in [2.24, 2.45) is 0 Å². The maximum absolute atomic E-state index is 14.2. The van der Waals surface area contributed by atoms with Crippen molar-refractivity contribution in [1.82, 2.24) is 9.62 Å². The number of amides is 1. The van der Waals surface area contributed by atoms with Gasteiger partial charge in [0.25, 0.3) is 5.91 Å². The second-order valence-corrected chi connectivity index (χ2v) is 8.74. The van der Waals surface area contributed by atoms with Crippen molar-refractivity contribution in [3.63, 3.8) is 0 Å². The number of carbonyl (C=O) groups is 1. The molecule has 1 aliphatic heterocycles. The monoisotopic (exact) mass is 446 g/mol. The van der Waals surface area contributed by atoms with E-state index in [4.69, 9.17) is 15.9 Å². The lowest BCUT2D eigenvalue weighted by Crippen LogP contribution is -2.40. The Morgan fingerprint density at radius 3 is 2.58 bits per heavy atom. The number of morpholine rings is 1. The Bertz CT molecular complexity index is 1060. The quantitative estimate of drug-likeness (QED) is 0.626. The van der Waals surface area contributed by atoms with Gasteiger partial charge in [0.05, 0.1) is 23.7 Å². The van der Waals surface area contributed by atoms with Crippen molar-refractivity contribution in [1.29, 1.82) is 0 Å². The van der Waals surface area contributed by atoms with Crippen LogP contribution >= 0.6 is 0 Å². The molecule has 31 heavy (non-hydrogen) atoms. The molecule has 1 fully saturated rings. The number of terminal acetylenes is 1. The van der Waals surface area contributed by atoms with Crippen LogP contribution in [0, 0.1) is 18.2 Å². The minimum Gasteiger partial charge on any atom is -0.481 e. The summed E-state index contributed by atoms with van der Waals surface area (Å²) >= 11 is 0. The van der Waals surface area contributed by atoms with E-state index >= 15 is 0 Å². The van der Waals surface area contributed by atoms with E-state index in [1.807, 2.05) is 12.1 Å². The van der Waals surface area contributed by atoms with E-state index in [2.05, 4.69) is 11.2 Å². The van der Waals surface area contributed by atoms with E-state index < -0.39 is 21.7 Å². The number of sulfonamides is 1. The molecule has 0 atom stereocenters. The summed E-state index contributed by atoms with van der Waals surface area (Å²) in [7, 11) is -3.83. The van der Waals surface area contributed by atoms with Gasteiger partial charge in [-0.3, -0.25) is 4.79 Å². The molecule has 1 amide bonds. The number of ether oxygens (including phenoxy) is 2. The first-order valence-corrected chi connectivity index (χ1v) is 11.2. The van der Waals surface area contributed by atoms with Crippen molar-refractivity contribution in [3.8, 4) is 18.1 Å². The Morgan fingerprint density at radius 1 is 1.19 bits per heavy atom. The molecule has 0 saturated carbocycles. The van der Waals surface area contributed by atoms with Gasteiger partial charge in [-0.25, -0.2) is 12.8 Å². The molecule has 164 valence electrons. The molecule has 2 aromatic carbocycles. The van der Waals surface area contributed by atoms with E-state index in [1.165, 1.54) is 10.4 Å². The molecule has 9 heteroatoms. The molecule has 1 heterocycles. The lowest BCUT2D eigenvalue weighted by molar-refractivity contribution is 0.0730. The first-order chi connectivity index (χ1) is 14.9. The topological polar surface area (TPSA) is 84.9 Å². The predicted octanol–water partition coefficient (Wildman–Crippen LogP) is 1.83. The summed E-state index contributed by atoms with van der Waals surface area (Å²) in [6.45, 7) is 1.46. The minimum atomic E-state index is -3.83. The van der Waals surface area contributed by atoms with Gasteiger partial charge < -0.3 is 14.8 Å². The normalized spacial score (nSPS) is 14.6. The third-order valence-electron chi connectivity index (χ3n) is 4.74. The summed E-state index contributed by atoms with van der Waals surface area (Å²) in [5, 5.41) is 2.63. The lowest BCUT2D eigenvalue weighted by Gasteiger charge is -2.26. The van der Waals surface area contributed by atoms with Gasteiger partial charge in [0.1, 0.15) is 18.2 Å². The van der Waals surface area contributed by atoms with Crippen LogP contribution in [0.25, 0.3) is 0 Å². The zero-order valence-electron chi connectivity index (χ0n) is 16.8. The van der Waals surface area contributed by atoms with Crippen molar-refractivity contribution in [2.75, 3.05) is 39.5 Å². The smallest absolute Gasteiger partial charge is 0.254 e. The summed E-state index contributed by atoms with van der Waals surface area (Å²) in [6, 6.07) is 10.5. The van der Waals surface area contributed by atoms with E-state index in [9.17, 15) is 17.6 Å². The number of hydrogen-bond acceptors (Lipinski definition) is 5. The Hall–Kier alpha value is -2.93. The van der Waals surface area contributed by atoms with Gasteiger partial charge in [-0.15, -0.1) is 6.42 Å². The number of carbonyl (C=O) groups excluding carboxylic acids is 1. The van der Waals surface area contributed by atoms with Crippen molar-refractivity contribution in [3.05, 3.63) is 59.4 Å². The van der Waals surface area contributed by atoms with Crippen molar-refractivity contribution in [2.45, 2.75) is 11.3 Å². The van der Waals surface area contributed by atoms with Crippen LogP contribution in [0.3, 0.4) is 0 Å². The Morgan fingerprint density at radius 2 is 1.90 bits per heavy atom. The van der Waals surface area contributed by atoms with Gasteiger partial charge in [-0.2, -0.15) is 4.31 Å². The lowest BCUT2D eigenvalue weighted by atomic mass is 10.1. The number of nitrogens with zero attached hydrogens (tertiary/aromatic N) is 1. The molecule has 2 aromatic rings. The van der Waals surface area contributed by atoms with Gasteiger partial charge in [-0.1, -0.05) is 18.1 Å². The molecule has 3 rings (SSSR count).